The van der Waals surface area contributed by atoms with Gasteiger partial charge < -0.3 is 0 Å². The van der Waals surface area contributed by atoms with E-state index in [0.717, 1.165) is 22.7 Å². The van der Waals surface area contributed by atoms with Gasteiger partial charge in [-0.2, -0.15) is 0 Å². The molecule has 3 nitrogen and oxygen atoms in total. The third-order valence-electron chi connectivity index (χ3n) is 2.46. The number of aliphatic imine (C=N–C) groups is 2. The van der Waals surface area contributed by atoms with Crippen LogP contribution in [-0.2, 0) is 4.79 Å². The Hall–Kier alpha value is -2.03. The molecule has 0 saturated carbocycles. The molecule has 2 aliphatic rings. The summed E-state index contributed by atoms with van der Waals surface area (Å²) in [5.41, 5.74) is 3.59. The van der Waals surface area contributed by atoms with Crippen LogP contribution in [0.5, 0.6) is 0 Å². The third kappa shape index (κ3) is 1.24. The molecule has 1 aromatic carbocycles. The average Bonchev–Trinajstić information content (AvgIpc) is 2.51. The molecular formula is C12H8N2O. The Morgan fingerprint density at radius 1 is 1.13 bits per heavy atom. The zero-order valence-electron chi connectivity index (χ0n) is 7.97. The van der Waals surface area contributed by atoms with Crippen molar-refractivity contribution in [3.63, 3.8) is 0 Å². The van der Waals surface area contributed by atoms with Crippen molar-refractivity contribution in [2.24, 2.45) is 9.98 Å². The van der Waals surface area contributed by atoms with Crippen LogP contribution in [0.25, 0.3) is 0 Å². The predicted molar refractivity (Wildman–Crippen MR) is 59.1 cm³/mol. The van der Waals surface area contributed by atoms with Crippen LogP contribution in [0, 0.1) is 0 Å². The van der Waals surface area contributed by atoms with Crippen molar-refractivity contribution in [2.75, 3.05) is 6.54 Å². The number of carbonyl (C=O) groups is 1. The van der Waals surface area contributed by atoms with Gasteiger partial charge in [0.1, 0.15) is 6.54 Å². The molecule has 2 heterocycles. The van der Waals surface area contributed by atoms with E-state index in [0.29, 0.717) is 0 Å². The Balaban J connectivity index is 2.20. The van der Waals surface area contributed by atoms with Gasteiger partial charge in [-0.3, -0.25) is 9.79 Å². The maximum absolute atomic E-state index is 11.2. The van der Waals surface area contributed by atoms with Crippen LogP contribution in [0.3, 0.4) is 0 Å². The van der Waals surface area contributed by atoms with Gasteiger partial charge in [-0.25, -0.2) is 4.99 Å². The fourth-order valence-corrected chi connectivity index (χ4v) is 1.76. The summed E-state index contributed by atoms with van der Waals surface area (Å²) in [4.78, 5) is 19.9. The fraction of sp³-hybridized carbons (Fsp3) is 0.0833. The van der Waals surface area contributed by atoms with E-state index < -0.39 is 0 Å². The minimum atomic E-state index is 0.0251. The van der Waals surface area contributed by atoms with E-state index in [2.05, 4.69) is 9.98 Å². The molecule has 0 aliphatic carbocycles. The number of fused-ring (bicyclic) bond motifs is 3. The van der Waals surface area contributed by atoms with Crippen molar-refractivity contribution in [1.82, 2.24) is 0 Å². The Bertz CT molecular complexity index is 538. The number of hydrogen-bond donors (Lipinski definition) is 0. The van der Waals surface area contributed by atoms with Crippen LogP contribution in [0.2, 0.25) is 0 Å². The molecule has 0 spiro atoms. The van der Waals surface area contributed by atoms with Gasteiger partial charge in [-0.15, -0.1) is 0 Å². The van der Waals surface area contributed by atoms with Gasteiger partial charge >= 0.3 is 0 Å². The van der Waals surface area contributed by atoms with E-state index in [9.17, 15) is 4.79 Å². The molecule has 3 rings (SSSR count). The summed E-state index contributed by atoms with van der Waals surface area (Å²) < 4.78 is 0. The summed E-state index contributed by atoms with van der Waals surface area (Å²) in [5.74, 6) is 0.0251. The minimum Gasteiger partial charge on any atom is -0.293 e. The first-order chi connectivity index (χ1) is 7.34. The lowest BCUT2D eigenvalue weighted by Crippen LogP contribution is -2.07. The number of para-hydroxylation sites is 1. The van der Waals surface area contributed by atoms with E-state index in [1.807, 2.05) is 24.3 Å². The smallest absolute Gasteiger partial charge is 0.177 e. The summed E-state index contributed by atoms with van der Waals surface area (Å²) in [6.07, 6.45) is 3.29. The van der Waals surface area contributed by atoms with Crippen molar-refractivity contribution in [3.8, 4) is 0 Å². The third-order valence-corrected chi connectivity index (χ3v) is 2.46. The van der Waals surface area contributed by atoms with Gasteiger partial charge in [0.25, 0.3) is 0 Å². The van der Waals surface area contributed by atoms with Crippen LogP contribution in [0.4, 0.5) is 5.69 Å². The molecule has 2 aliphatic heterocycles. The topological polar surface area (TPSA) is 41.8 Å². The molecule has 72 valence electrons. The van der Waals surface area contributed by atoms with Crippen LogP contribution < -0.4 is 0 Å². The molecule has 0 atom stereocenters. The normalized spacial score (nSPS) is 17.7. The van der Waals surface area contributed by atoms with Gasteiger partial charge in [0.2, 0.25) is 0 Å². The van der Waals surface area contributed by atoms with E-state index >= 15 is 0 Å². The first kappa shape index (κ1) is 8.29. The summed E-state index contributed by atoms with van der Waals surface area (Å²) in [5, 5.41) is 0. The average molecular weight is 196 g/mol. The maximum Gasteiger partial charge on any atom is 0.177 e. The molecule has 15 heavy (non-hydrogen) atoms. The molecule has 3 heteroatoms. The number of ketones is 1. The number of carbonyl (C=O) groups excluding carboxylic acids is 1. The van der Waals surface area contributed by atoms with Crippen LogP contribution in [-0.4, -0.2) is 23.8 Å². The monoisotopic (exact) mass is 196 g/mol. The Morgan fingerprint density at radius 3 is 2.93 bits per heavy atom. The highest BCUT2D eigenvalue weighted by Crippen LogP contribution is 2.27. The van der Waals surface area contributed by atoms with Gasteiger partial charge in [0.15, 0.2) is 5.78 Å². The summed E-state index contributed by atoms with van der Waals surface area (Å²) in [6.45, 7) is 0.221. The lowest BCUT2D eigenvalue weighted by molar-refractivity contribution is -0.113. The van der Waals surface area contributed by atoms with Crippen molar-refractivity contribution in [3.05, 3.63) is 42.0 Å². The lowest BCUT2D eigenvalue weighted by atomic mass is 10.1. The molecule has 0 aromatic heterocycles. The largest absolute Gasteiger partial charge is 0.293 e. The van der Waals surface area contributed by atoms with Crippen LogP contribution in [0.15, 0.2) is 46.4 Å². The number of allylic oxidation sites excluding steroid dienone is 1. The second-order valence-electron chi connectivity index (χ2n) is 3.48. The second-order valence-corrected chi connectivity index (χ2v) is 3.48. The molecule has 0 saturated heterocycles. The Morgan fingerprint density at radius 2 is 2.00 bits per heavy atom. The van der Waals surface area contributed by atoms with E-state index in [4.69, 9.17) is 0 Å². The van der Waals surface area contributed by atoms with Gasteiger partial charge in [-0.05, 0) is 18.2 Å². The minimum absolute atomic E-state index is 0.0251. The van der Waals surface area contributed by atoms with Crippen molar-refractivity contribution < 1.29 is 4.79 Å². The molecule has 1 aromatic rings. The van der Waals surface area contributed by atoms with Crippen molar-refractivity contribution >= 4 is 22.9 Å². The molecule has 0 bridgehead atoms. The summed E-state index contributed by atoms with van der Waals surface area (Å²) in [6, 6.07) is 7.84. The molecular weight excluding hydrogens is 188 g/mol. The predicted octanol–water partition coefficient (Wildman–Crippen LogP) is 1.70. The molecule has 0 radical (unpaired) electrons. The van der Waals surface area contributed by atoms with Crippen molar-refractivity contribution in [2.45, 2.75) is 0 Å². The Labute approximate surface area is 86.9 Å². The van der Waals surface area contributed by atoms with Crippen molar-refractivity contribution in [1.29, 1.82) is 0 Å². The summed E-state index contributed by atoms with van der Waals surface area (Å²) in [7, 11) is 0. The zero-order chi connectivity index (χ0) is 10.3. The standard InChI is InChI=1S/C12H8N2O/c15-8-5-6-11-12(13-7-8)9-3-1-2-4-10(9)14-11/h1-6H,7H2. The van der Waals surface area contributed by atoms with Gasteiger partial charge in [0, 0.05) is 5.56 Å². The zero-order valence-corrected chi connectivity index (χ0v) is 7.97. The second kappa shape index (κ2) is 2.98. The number of nitrogens with zero attached hydrogens (tertiary/aromatic N) is 2. The quantitative estimate of drug-likeness (QED) is 0.622. The van der Waals surface area contributed by atoms with Crippen LogP contribution >= 0.6 is 0 Å². The molecule has 0 N–H and O–H groups in total. The first-order valence-corrected chi connectivity index (χ1v) is 4.78. The first-order valence-electron chi connectivity index (χ1n) is 4.78. The number of benzene rings is 1. The maximum atomic E-state index is 11.2. The molecule has 0 unspecified atom stereocenters. The number of hydrogen-bond acceptors (Lipinski definition) is 3. The lowest BCUT2D eigenvalue weighted by Gasteiger charge is -1.97. The molecule has 0 amide bonds. The number of rotatable bonds is 0. The van der Waals surface area contributed by atoms with Gasteiger partial charge in [-0.1, -0.05) is 18.2 Å². The fourth-order valence-electron chi connectivity index (χ4n) is 1.76. The highest BCUT2D eigenvalue weighted by atomic mass is 16.1. The van der Waals surface area contributed by atoms with Gasteiger partial charge in [0.05, 0.1) is 17.1 Å². The highest BCUT2D eigenvalue weighted by molar-refractivity contribution is 6.56. The van der Waals surface area contributed by atoms with E-state index in [1.54, 1.807) is 12.2 Å². The van der Waals surface area contributed by atoms with E-state index in [1.165, 1.54) is 0 Å². The van der Waals surface area contributed by atoms with E-state index in [-0.39, 0.29) is 12.3 Å². The highest BCUT2D eigenvalue weighted by Gasteiger charge is 2.21. The summed E-state index contributed by atoms with van der Waals surface area (Å²) >= 11 is 0. The Kier molecular flexibility index (Phi) is 1.65. The molecule has 0 fully saturated rings. The van der Waals surface area contributed by atoms with Crippen LogP contribution in [0.1, 0.15) is 5.56 Å². The SMILES string of the molecule is O=C1C=CC2=Nc3ccccc3C2=NC1.